The summed E-state index contributed by atoms with van der Waals surface area (Å²) in [5, 5.41) is 26.4. The van der Waals surface area contributed by atoms with Crippen LogP contribution >= 0.6 is 0 Å². The smallest absolute Gasteiger partial charge is 0.145 e. The fraction of sp³-hybridized carbons (Fsp3) is 0. The molecule has 0 bridgehead atoms. The van der Waals surface area contributed by atoms with Crippen LogP contribution in [0.5, 0.6) is 0 Å². The van der Waals surface area contributed by atoms with Crippen LogP contribution in [0.2, 0.25) is 0 Å². The van der Waals surface area contributed by atoms with Crippen molar-refractivity contribution in [3.63, 3.8) is 0 Å². The molecule has 6 nitrogen and oxygen atoms in total. The summed E-state index contributed by atoms with van der Waals surface area (Å²) in [4.78, 5) is 21.7. The second-order valence-electron chi connectivity index (χ2n) is 33.0. The molecular weight excluding hydrogens is 1530 g/mol. The number of para-hydroxylation sites is 5. The van der Waals surface area contributed by atoms with E-state index in [-0.39, 0.29) is 0 Å². The number of rotatable bonds is 10. The predicted molar refractivity (Wildman–Crippen MR) is 531 cm³/mol. The van der Waals surface area contributed by atoms with Gasteiger partial charge in [-0.25, -0.2) is 19.9 Å². The van der Waals surface area contributed by atoms with E-state index in [0.29, 0.717) is 0 Å². The Morgan fingerprint density at radius 3 is 0.802 bits per heavy atom. The van der Waals surface area contributed by atoms with Crippen LogP contribution in [0.3, 0.4) is 0 Å². The van der Waals surface area contributed by atoms with Gasteiger partial charge >= 0.3 is 0 Å². The van der Waals surface area contributed by atoms with E-state index in [1.165, 1.54) is 108 Å². The number of nitrogens with zero attached hydrogens (tertiary/aromatic N) is 6. The van der Waals surface area contributed by atoms with Crippen LogP contribution in [0.4, 0.5) is 0 Å². The number of pyridine rings is 2. The van der Waals surface area contributed by atoms with Gasteiger partial charge in [0.2, 0.25) is 0 Å². The lowest BCUT2D eigenvalue weighted by Gasteiger charge is -2.19. The normalized spacial score (nSPS) is 11.8. The Kier molecular flexibility index (Phi) is 16.9. The third-order valence-electron chi connectivity index (χ3n) is 25.9. The van der Waals surface area contributed by atoms with Crippen LogP contribution in [0, 0.1) is 0 Å². The van der Waals surface area contributed by atoms with Crippen LogP contribution < -0.4 is 0 Å². The molecule has 22 aromatic carbocycles. The van der Waals surface area contributed by atoms with E-state index in [1.807, 2.05) is 0 Å². The highest BCUT2D eigenvalue weighted by Crippen LogP contribution is 2.49. The van der Waals surface area contributed by atoms with Crippen LogP contribution in [-0.2, 0) is 0 Å². The number of hydrogen-bond donors (Lipinski definition) is 0. The molecule has 4 aromatic heterocycles. The highest BCUT2D eigenvalue weighted by atomic mass is 15.1. The molecule has 0 aliphatic carbocycles. The quantitative estimate of drug-likeness (QED) is 0.128. The maximum Gasteiger partial charge on any atom is 0.145 e. The van der Waals surface area contributed by atoms with Crippen molar-refractivity contribution in [2.45, 2.75) is 0 Å². The van der Waals surface area contributed by atoms with E-state index in [1.54, 1.807) is 0 Å². The third kappa shape index (κ3) is 11.9. The van der Waals surface area contributed by atoms with E-state index in [0.717, 1.165) is 144 Å². The summed E-state index contributed by atoms with van der Waals surface area (Å²) in [7, 11) is 0. The Labute approximate surface area is 725 Å². The van der Waals surface area contributed by atoms with Gasteiger partial charge in [0.25, 0.3) is 0 Å². The molecule has 0 aliphatic rings. The third-order valence-corrected chi connectivity index (χ3v) is 25.9. The summed E-state index contributed by atoms with van der Waals surface area (Å²) < 4.78 is 4.54. The fourth-order valence-electron chi connectivity index (χ4n) is 20.1. The van der Waals surface area contributed by atoms with E-state index in [4.69, 9.17) is 19.9 Å². The SMILES string of the molecule is c1ccc(-c2nc3ccccc3n2-c2ccc(-c3cc4c(-c5cc6ccccc6c6ccccc56)cc(-c5cc6ccccc6c6ccccc56)nc4c4ccccc34)cc2)cc1.c1ccc(-n2c(-c3ccc(-c4cc5c(-c6cc7ccccc7c7ccccc67)cc(-c6cc7ccccc7c7ccccc67)nc5c5ccccc45)cc3)nc3ccccc32)cc1. The minimum atomic E-state index is 0.917. The van der Waals surface area contributed by atoms with Gasteiger partial charge in [0.05, 0.1) is 44.5 Å². The fourth-order valence-corrected chi connectivity index (χ4v) is 20.1. The molecule has 26 aromatic rings. The Hall–Kier alpha value is -16.8. The molecule has 0 aliphatic heterocycles. The summed E-state index contributed by atoms with van der Waals surface area (Å²) >= 11 is 0. The lowest BCUT2D eigenvalue weighted by Crippen LogP contribution is -1.98. The number of aromatic nitrogens is 6. The molecule has 0 radical (unpaired) electrons. The predicted octanol–water partition coefficient (Wildman–Crippen LogP) is 32.0. The van der Waals surface area contributed by atoms with Crippen molar-refractivity contribution in [1.82, 2.24) is 29.1 Å². The van der Waals surface area contributed by atoms with E-state index in [9.17, 15) is 0 Å². The molecule has 126 heavy (non-hydrogen) atoms. The van der Waals surface area contributed by atoms with Crippen LogP contribution in [0.15, 0.2) is 449 Å². The molecule has 0 N–H and O–H groups in total. The van der Waals surface area contributed by atoms with Crippen LogP contribution in [0.25, 0.3) is 253 Å². The van der Waals surface area contributed by atoms with Gasteiger partial charge in [-0.1, -0.05) is 352 Å². The van der Waals surface area contributed by atoms with Gasteiger partial charge in [-0.2, -0.15) is 0 Å². The number of fused-ring (bicyclic) bond motifs is 20. The summed E-state index contributed by atoms with van der Waals surface area (Å²) in [5.74, 6) is 1.84. The molecular formula is C120H74N6. The van der Waals surface area contributed by atoms with Gasteiger partial charge < -0.3 is 0 Å². The van der Waals surface area contributed by atoms with E-state index in [2.05, 4.69) is 458 Å². The van der Waals surface area contributed by atoms with Gasteiger partial charge in [-0.15, -0.1) is 0 Å². The van der Waals surface area contributed by atoms with Gasteiger partial charge in [-0.3, -0.25) is 9.13 Å². The Morgan fingerprint density at radius 2 is 0.413 bits per heavy atom. The highest BCUT2D eigenvalue weighted by Gasteiger charge is 2.25. The second-order valence-corrected chi connectivity index (χ2v) is 33.0. The molecule has 6 heteroatoms. The number of hydrogen-bond acceptors (Lipinski definition) is 4. The van der Waals surface area contributed by atoms with Crippen molar-refractivity contribution < 1.29 is 0 Å². The first-order valence-corrected chi connectivity index (χ1v) is 43.1. The zero-order chi connectivity index (χ0) is 82.9. The lowest BCUT2D eigenvalue weighted by atomic mass is 9.87. The van der Waals surface area contributed by atoms with Crippen molar-refractivity contribution in [1.29, 1.82) is 0 Å². The topological polar surface area (TPSA) is 61.4 Å². The zero-order valence-electron chi connectivity index (χ0n) is 68.4. The van der Waals surface area contributed by atoms with E-state index < -0.39 is 0 Å². The number of imidazole rings is 2. The number of benzene rings is 22. The first-order chi connectivity index (χ1) is 62.5. The van der Waals surface area contributed by atoms with Crippen molar-refractivity contribution in [3.05, 3.63) is 449 Å². The molecule has 0 unspecified atom stereocenters. The summed E-state index contributed by atoms with van der Waals surface area (Å²) in [6, 6.07) is 162. The molecule has 0 spiro atoms. The van der Waals surface area contributed by atoms with Crippen LogP contribution in [-0.4, -0.2) is 29.1 Å². The maximum absolute atomic E-state index is 5.70. The molecule has 26 rings (SSSR count). The zero-order valence-corrected chi connectivity index (χ0v) is 68.4. The van der Waals surface area contributed by atoms with Crippen molar-refractivity contribution in [2.24, 2.45) is 0 Å². The molecule has 584 valence electrons. The van der Waals surface area contributed by atoms with Crippen molar-refractivity contribution in [2.75, 3.05) is 0 Å². The summed E-state index contributed by atoms with van der Waals surface area (Å²) in [5.41, 5.74) is 23.9. The molecule has 0 saturated carbocycles. The first-order valence-electron chi connectivity index (χ1n) is 43.1. The Morgan fingerprint density at radius 1 is 0.151 bits per heavy atom. The molecule has 0 atom stereocenters. The van der Waals surface area contributed by atoms with Gasteiger partial charge in [0.15, 0.2) is 0 Å². The molecule has 0 saturated heterocycles. The average molecular weight is 1600 g/mol. The molecule has 0 amide bonds. The van der Waals surface area contributed by atoms with Crippen molar-refractivity contribution in [3.8, 4) is 101 Å². The summed E-state index contributed by atoms with van der Waals surface area (Å²) in [6.07, 6.45) is 0. The minimum Gasteiger partial charge on any atom is -0.292 e. The molecule has 4 heterocycles. The van der Waals surface area contributed by atoms with Gasteiger partial charge in [-0.05, 0) is 239 Å². The standard InChI is InChI=1S/2C60H37N3/c1-2-18-42(19-3-1)63-58-29-15-14-28-56(58)62-60(63)39-32-30-38(31-33-39)51-36-55-53(52-34-40-16-4-6-20-43(40)45-22-8-10-24-47(45)52)37-57(61-59(55)50-27-13-12-26-49(50)51)54-35-41-17-5-7-21-44(41)46-23-9-11-25-48(46)54;1-2-16-39(17-3-1)60-62-56-28-14-15-29-58(56)63(60)42-32-30-38(31-33-42)51-36-55-53(52-34-40-18-4-6-20-43(40)45-22-8-10-24-47(45)52)37-57(61-59(55)50-27-13-12-26-49(50)51)54-35-41-19-5-7-21-44(41)46-23-9-11-25-48(46)54/h2*1-37H. The van der Waals surface area contributed by atoms with Gasteiger partial charge in [0.1, 0.15) is 11.6 Å². The van der Waals surface area contributed by atoms with Gasteiger partial charge in [0, 0.05) is 55.2 Å². The monoisotopic (exact) mass is 1600 g/mol. The Bertz CT molecular complexity index is 8950. The minimum absolute atomic E-state index is 0.917. The lowest BCUT2D eigenvalue weighted by molar-refractivity contribution is 1.10. The maximum atomic E-state index is 5.70. The second kappa shape index (κ2) is 29.5. The highest BCUT2D eigenvalue weighted by molar-refractivity contribution is 6.25. The average Bonchev–Trinajstić information content (AvgIpc) is 0.897. The molecule has 0 fully saturated rings. The first kappa shape index (κ1) is 72.1. The van der Waals surface area contributed by atoms with E-state index >= 15 is 0 Å². The largest absolute Gasteiger partial charge is 0.292 e. The van der Waals surface area contributed by atoms with Crippen LogP contribution in [0.1, 0.15) is 0 Å². The Balaban J connectivity index is 0.000000137. The van der Waals surface area contributed by atoms with Crippen molar-refractivity contribution >= 4 is 152 Å². The summed E-state index contributed by atoms with van der Waals surface area (Å²) in [6.45, 7) is 0.